The largest absolute Gasteiger partial charge is 0.496 e. The fourth-order valence-electron chi connectivity index (χ4n) is 4.60. The zero-order chi connectivity index (χ0) is 30.3. The first kappa shape index (κ1) is 29.5. The molecular weight excluding hydrogens is 650 g/mol. The highest BCUT2D eigenvalue weighted by atomic mass is 79.9. The van der Waals surface area contributed by atoms with Gasteiger partial charge in [0.25, 0.3) is 11.2 Å². The number of furan rings is 1. The van der Waals surface area contributed by atoms with Crippen molar-refractivity contribution in [2.24, 2.45) is 4.99 Å². The molecule has 1 atom stereocenters. The minimum atomic E-state index is -0.867. The van der Waals surface area contributed by atoms with Crippen LogP contribution in [0.25, 0.3) is 17.4 Å². The van der Waals surface area contributed by atoms with Gasteiger partial charge in [-0.25, -0.2) is 9.79 Å². The van der Waals surface area contributed by atoms with Gasteiger partial charge in [0.05, 0.1) is 39.0 Å². The molecule has 0 amide bonds. The van der Waals surface area contributed by atoms with Crippen molar-refractivity contribution in [3.8, 4) is 17.1 Å². The van der Waals surface area contributed by atoms with Crippen molar-refractivity contribution < 1.29 is 23.6 Å². The first-order valence-electron chi connectivity index (χ1n) is 12.6. The van der Waals surface area contributed by atoms with Crippen molar-refractivity contribution in [1.29, 1.82) is 0 Å². The van der Waals surface area contributed by atoms with Gasteiger partial charge in [-0.3, -0.25) is 19.5 Å². The lowest BCUT2D eigenvalue weighted by molar-refractivity contribution is -0.384. The van der Waals surface area contributed by atoms with Crippen LogP contribution in [0.4, 0.5) is 5.69 Å². The molecule has 0 N–H and O–H groups in total. The highest BCUT2D eigenvalue weighted by Gasteiger charge is 2.35. The molecule has 1 aliphatic rings. The molecule has 3 heterocycles. The molecule has 4 aromatic rings. The molecular formula is C29H23BrClN3O7S. The number of nitro benzene ring substituents is 1. The third-order valence-corrected chi connectivity index (χ3v) is 8.19. The summed E-state index contributed by atoms with van der Waals surface area (Å²) < 4.78 is 19.6. The standard InChI is InChI=1S/C29H23BrClN3O7S/c1-14(2)40-28(36)25-15(3)32-29-33(26(25)20-11-16(30)5-9-22(20)39-4)27(35)24(42-29)13-18-7-10-23(41-18)19-8-6-17(34(37)38)12-21(19)31/h5-14,26H,1-4H3/b24-13-/t26-/m0/s1. The molecule has 0 saturated carbocycles. The van der Waals surface area contributed by atoms with Crippen molar-refractivity contribution in [2.75, 3.05) is 7.11 Å². The zero-order valence-electron chi connectivity index (χ0n) is 22.7. The van der Waals surface area contributed by atoms with Crippen LogP contribution in [0.1, 0.15) is 38.1 Å². The summed E-state index contributed by atoms with van der Waals surface area (Å²) >= 11 is 10.9. The molecule has 1 aliphatic heterocycles. The number of nitro groups is 1. The number of nitrogens with zero attached hydrogens (tertiary/aromatic N) is 3. The number of halogens is 2. The maximum absolute atomic E-state index is 13.9. The SMILES string of the molecule is COc1ccc(Br)cc1[C@H]1C(C(=O)OC(C)C)=C(C)N=c2s/c(=C\c3ccc(-c4ccc([N+](=O)[O-])cc4Cl)o3)c(=O)n21. The van der Waals surface area contributed by atoms with E-state index in [9.17, 15) is 19.7 Å². The van der Waals surface area contributed by atoms with Crippen LogP contribution in [0.5, 0.6) is 5.75 Å². The van der Waals surface area contributed by atoms with Gasteiger partial charge in [0.2, 0.25) is 0 Å². The van der Waals surface area contributed by atoms with Crippen LogP contribution in [0.2, 0.25) is 5.02 Å². The lowest BCUT2D eigenvalue weighted by Gasteiger charge is -2.26. The second kappa shape index (κ2) is 11.7. The Balaban J connectivity index is 1.65. The molecule has 0 bridgehead atoms. The lowest BCUT2D eigenvalue weighted by atomic mass is 9.95. The number of rotatable bonds is 7. The number of hydrogen-bond acceptors (Lipinski definition) is 9. The summed E-state index contributed by atoms with van der Waals surface area (Å²) in [5, 5.41) is 11.2. The van der Waals surface area contributed by atoms with E-state index in [-0.39, 0.29) is 27.9 Å². The number of non-ortho nitro benzene ring substituents is 1. The number of benzene rings is 2. The highest BCUT2D eigenvalue weighted by Crippen LogP contribution is 2.37. The summed E-state index contributed by atoms with van der Waals surface area (Å²) in [5.74, 6) is 0.637. The van der Waals surface area contributed by atoms with E-state index in [0.29, 0.717) is 43.4 Å². The number of hydrogen-bond donors (Lipinski definition) is 0. The van der Waals surface area contributed by atoms with Crippen LogP contribution in [0, 0.1) is 10.1 Å². The number of esters is 1. The summed E-state index contributed by atoms with van der Waals surface area (Å²) in [5.41, 5.74) is 1.17. The topological polar surface area (TPSA) is 126 Å². The van der Waals surface area contributed by atoms with Gasteiger partial charge in [0, 0.05) is 33.8 Å². The van der Waals surface area contributed by atoms with E-state index in [1.54, 1.807) is 57.2 Å². The van der Waals surface area contributed by atoms with Gasteiger partial charge in [0.1, 0.15) is 23.3 Å². The molecule has 42 heavy (non-hydrogen) atoms. The van der Waals surface area contributed by atoms with Crippen LogP contribution in [0.3, 0.4) is 0 Å². The quantitative estimate of drug-likeness (QED) is 0.138. The van der Waals surface area contributed by atoms with Crippen LogP contribution in [-0.2, 0) is 9.53 Å². The summed E-state index contributed by atoms with van der Waals surface area (Å²) in [6.45, 7) is 5.20. The number of ether oxygens (including phenoxy) is 2. The fraction of sp³-hybridized carbons (Fsp3) is 0.207. The average Bonchev–Trinajstić information content (AvgIpc) is 3.51. The Morgan fingerprint density at radius 2 is 2.00 bits per heavy atom. The Hall–Kier alpha value is -4.00. The van der Waals surface area contributed by atoms with Gasteiger partial charge in [-0.15, -0.1) is 0 Å². The number of aromatic nitrogens is 1. The number of carbonyl (C=O) groups is 1. The smallest absolute Gasteiger partial charge is 0.338 e. The van der Waals surface area contributed by atoms with Gasteiger partial charge in [-0.1, -0.05) is 38.9 Å². The molecule has 10 nitrogen and oxygen atoms in total. The highest BCUT2D eigenvalue weighted by molar-refractivity contribution is 9.10. The van der Waals surface area contributed by atoms with Crippen molar-refractivity contribution in [2.45, 2.75) is 32.9 Å². The Labute approximate surface area is 256 Å². The van der Waals surface area contributed by atoms with E-state index in [2.05, 4.69) is 20.9 Å². The van der Waals surface area contributed by atoms with Crippen molar-refractivity contribution in [3.05, 3.63) is 110 Å². The Kier molecular flexibility index (Phi) is 8.22. The molecule has 5 rings (SSSR count). The minimum absolute atomic E-state index is 0.139. The molecule has 2 aromatic heterocycles. The van der Waals surface area contributed by atoms with E-state index in [0.717, 1.165) is 15.8 Å². The van der Waals surface area contributed by atoms with Gasteiger partial charge in [-0.05, 0) is 57.2 Å². The normalized spacial score (nSPS) is 15.0. The minimum Gasteiger partial charge on any atom is -0.496 e. The van der Waals surface area contributed by atoms with Gasteiger partial charge in [-0.2, -0.15) is 0 Å². The van der Waals surface area contributed by atoms with Crippen LogP contribution in [0.15, 0.2) is 78.5 Å². The van der Waals surface area contributed by atoms with Gasteiger partial charge >= 0.3 is 5.97 Å². The lowest BCUT2D eigenvalue weighted by Crippen LogP contribution is -2.40. The molecule has 0 aliphatic carbocycles. The maximum atomic E-state index is 13.9. The van der Waals surface area contributed by atoms with Crippen molar-refractivity contribution in [3.63, 3.8) is 0 Å². The summed E-state index contributed by atoms with van der Waals surface area (Å²) in [4.78, 5) is 42.8. The third kappa shape index (κ3) is 5.57. The summed E-state index contributed by atoms with van der Waals surface area (Å²) in [6.07, 6.45) is 1.19. The number of fused-ring (bicyclic) bond motifs is 1. The van der Waals surface area contributed by atoms with E-state index < -0.39 is 16.9 Å². The summed E-state index contributed by atoms with van der Waals surface area (Å²) in [7, 11) is 1.52. The second-order valence-electron chi connectivity index (χ2n) is 9.55. The molecule has 0 spiro atoms. The molecule has 216 valence electrons. The first-order valence-corrected chi connectivity index (χ1v) is 14.6. The van der Waals surface area contributed by atoms with Crippen molar-refractivity contribution in [1.82, 2.24) is 4.57 Å². The predicted molar refractivity (Wildman–Crippen MR) is 161 cm³/mol. The average molecular weight is 673 g/mol. The number of thiazole rings is 1. The molecule has 2 aromatic carbocycles. The van der Waals surface area contributed by atoms with Crippen molar-refractivity contribution >= 4 is 56.6 Å². The fourth-order valence-corrected chi connectivity index (χ4v) is 6.27. The third-order valence-electron chi connectivity index (χ3n) is 6.40. The second-order valence-corrected chi connectivity index (χ2v) is 11.9. The predicted octanol–water partition coefficient (Wildman–Crippen LogP) is 5.78. The maximum Gasteiger partial charge on any atom is 0.338 e. The Morgan fingerprint density at radius 3 is 2.67 bits per heavy atom. The summed E-state index contributed by atoms with van der Waals surface area (Å²) in [6, 6.07) is 11.9. The van der Waals surface area contributed by atoms with Crippen LogP contribution < -0.4 is 19.6 Å². The van der Waals surface area contributed by atoms with Gasteiger partial charge < -0.3 is 13.9 Å². The number of carbonyl (C=O) groups excluding carboxylic acids is 1. The Bertz CT molecular complexity index is 1960. The van der Waals surface area contributed by atoms with E-state index >= 15 is 0 Å². The number of methoxy groups -OCH3 is 1. The molecule has 0 radical (unpaired) electrons. The van der Waals surface area contributed by atoms with E-state index in [4.69, 9.17) is 25.5 Å². The van der Waals surface area contributed by atoms with Crippen LogP contribution in [-0.4, -0.2) is 28.7 Å². The van der Waals surface area contributed by atoms with E-state index in [1.165, 1.54) is 29.9 Å². The van der Waals surface area contributed by atoms with Gasteiger partial charge in [0.15, 0.2) is 4.80 Å². The molecule has 13 heteroatoms. The van der Waals surface area contributed by atoms with E-state index in [1.807, 2.05) is 0 Å². The Morgan fingerprint density at radius 1 is 1.24 bits per heavy atom. The molecule has 0 saturated heterocycles. The number of allylic oxidation sites excluding steroid dienone is 1. The molecule has 0 fully saturated rings. The zero-order valence-corrected chi connectivity index (χ0v) is 25.9. The molecule has 0 unspecified atom stereocenters. The first-order chi connectivity index (χ1) is 20.0. The monoisotopic (exact) mass is 671 g/mol. The van der Waals surface area contributed by atoms with Crippen LogP contribution >= 0.6 is 38.9 Å².